The van der Waals surface area contributed by atoms with Gasteiger partial charge in [0.05, 0.1) is 5.69 Å². The summed E-state index contributed by atoms with van der Waals surface area (Å²) >= 11 is 0. The van der Waals surface area contributed by atoms with E-state index >= 15 is 0 Å². The minimum Gasteiger partial charge on any atom is -0.464 e. The van der Waals surface area contributed by atoms with Crippen LogP contribution in [-0.2, 0) is 27.5 Å². The Kier molecular flexibility index (Phi) is 7.47. The quantitative estimate of drug-likeness (QED) is 0.618. The van der Waals surface area contributed by atoms with E-state index in [4.69, 9.17) is 0 Å². The highest BCUT2D eigenvalue weighted by Gasteiger charge is 2.39. The molecular weight excluding hydrogens is 424 g/mol. The molecule has 0 spiro atoms. The highest BCUT2D eigenvalue weighted by molar-refractivity contribution is 7.91. The number of hydrogen-bond donors (Lipinski definition) is 1. The lowest BCUT2D eigenvalue weighted by Gasteiger charge is -2.35. The molecule has 0 atom stereocenters. The molecule has 6 nitrogen and oxygen atoms in total. The Hall–Kier alpha value is -2.38. The lowest BCUT2D eigenvalue weighted by molar-refractivity contribution is 0.205. The maximum atomic E-state index is 13.6. The highest BCUT2D eigenvalue weighted by Crippen LogP contribution is 2.42. The van der Waals surface area contributed by atoms with E-state index in [1.165, 1.54) is 7.05 Å². The molecule has 0 bridgehead atoms. The van der Waals surface area contributed by atoms with E-state index in [1.54, 1.807) is 0 Å². The molecule has 1 amide bonds. The molecule has 0 aliphatic heterocycles. The molecule has 0 heterocycles. The fraction of sp³-hybridized carbons (Fsp3) is 0.480. The summed E-state index contributed by atoms with van der Waals surface area (Å²) in [6.07, 6.45) is -1.03. The number of rotatable bonds is 6. The molecule has 2 aromatic rings. The molecule has 0 fully saturated rings. The first-order chi connectivity index (χ1) is 14.6. The lowest BCUT2D eigenvalue weighted by atomic mass is 9.77. The zero-order chi connectivity index (χ0) is 24.5. The van der Waals surface area contributed by atoms with Crippen molar-refractivity contribution < 1.29 is 18.3 Å². The molecule has 0 aliphatic carbocycles. The summed E-state index contributed by atoms with van der Waals surface area (Å²) in [4.78, 5) is 12.5. The zero-order valence-corrected chi connectivity index (χ0v) is 21.2. The first-order valence-electron chi connectivity index (χ1n) is 10.8. The van der Waals surface area contributed by atoms with Crippen molar-refractivity contribution in [2.24, 2.45) is 0 Å². The van der Waals surface area contributed by atoms with Crippen molar-refractivity contribution in [3.8, 4) is 0 Å². The van der Waals surface area contributed by atoms with E-state index < -0.39 is 27.1 Å². The van der Waals surface area contributed by atoms with Crippen LogP contribution >= 0.6 is 0 Å². The summed E-state index contributed by atoms with van der Waals surface area (Å²) in [6.45, 7) is 13.9. The fourth-order valence-corrected chi connectivity index (χ4v) is 4.86. The van der Waals surface area contributed by atoms with E-state index in [0.717, 1.165) is 15.4 Å². The van der Waals surface area contributed by atoms with Crippen LogP contribution in [0.4, 0.5) is 10.5 Å². The van der Waals surface area contributed by atoms with Crippen LogP contribution in [0.1, 0.15) is 63.8 Å². The molecule has 0 aliphatic rings. The molecule has 1 N–H and O–H groups in total. The smallest absolute Gasteiger partial charge is 0.426 e. The van der Waals surface area contributed by atoms with Crippen molar-refractivity contribution in [2.75, 3.05) is 17.9 Å². The normalized spacial score (nSPS) is 12.8. The van der Waals surface area contributed by atoms with E-state index in [9.17, 15) is 18.3 Å². The van der Waals surface area contributed by atoms with Crippen molar-refractivity contribution in [3.05, 3.63) is 64.7 Å². The Balaban J connectivity index is 2.66. The van der Waals surface area contributed by atoms with Crippen molar-refractivity contribution in [3.63, 3.8) is 0 Å². The van der Waals surface area contributed by atoms with Gasteiger partial charge in [-0.05, 0) is 40.9 Å². The molecule has 176 valence electrons. The van der Waals surface area contributed by atoms with Gasteiger partial charge in [-0.15, -0.1) is 0 Å². The molecular formula is C25H36N2O4S. The van der Waals surface area contributed by atoms with Gasteiger partial charge in [-0.25, -0.2) is 4.79 Å². The van der Waals surface area contributed by atoms with Crippen LogP contribution in [0.5, 0.6) is 0 Å². The van der Waals surface area contributed by atoms with Crippen LogP contribution in [0.15, 0.2) is 42.5 Å². The van der Waals surface area contributed by atoms with Gasteiger partial charge >= 0.3 is 16.3 Å². The molecule has 32 heavy (non-hydrogen) atoms. The van der Waals surface area contributed by atoms with E-state index in [-0.39, 0.29) is 12.2 Å². The van der Waals surface area contributed by atoms with Crippen molar-refractivity contribution in [1.82, 2.24) is 4.31 Å². The Morgan fingerprint density at radius 1 is 0.938 bits per heavy atom. The molecule has 0 aromatic heterocycles. The standard InChI is InChI=1S/C25H36N2O4S/c1-18-16-20(24(2,3)4)22(21(17-18)25(5,6)7)27(23(28)29)32(30,31)26(8)15-14-19-12-10-9-11-13-19/h9-13,16-17H,14-15H2,1-8H3,(H,28,29). The third-order valence-electron chi connectivity index (χ3n) is 5.43. The minimum absolute atomic E-state index is 0.164. The van der Waals surface area contributed by atoms with Crippen molar-refractivity contribution in [2.45, 2.75) is 65.7 Å². The first-order valence-corrected chi connectivity index (χ1v) is 12.2. The van der Waals surface area contributed by atoms with Gasteiger partial charge in [0.2, 0.25) is 0 Å². The largest absolute Gasteiger partial charge is 0.464 e. The van der Waals surface area contributed by atoms with Crippen LogP contribution < -0.4 is 4.31 Å². The summed E-state index contributed by atoms with van der Waals surface area (Å²) in [5.41, 5.74) is 2.62. The van der Waals surface area contributed by atoms with Gasteiger partial charge in [0.15, 0.2) is 0 Å². The Morgan fingerprint density at radius 3 is 1.81 bits per heavy atom. The summed E-state index contributed by atoms with van der Waals surface area (Å²) in [7, 11) is -2.91. The number of carbonyl (C=O) groups is 1. The molecule has 0 unspecified atom stereocenters. The van der Waals surface area contributed by atoms with E-state index in [2.05, 4.69) is 0 Å². The average molecular weight is 461 g/mol. The number of carboxylic acid groups (broad SMARTS) is 1. The average Bonchev–Trinajstić information content (AvgIpc) is 2.65. The highest BCUT2D eigenvalue weighted by atomic mass is 32.2. The fourth-order valence-electron chi connectivity index (χ4n) is 3.64. The van der Waals surface area contributed by atoms with Crippen LogP contribution in [0, 0.1) is 6.92 Å². The summed E-state index contributed by atoms with van der Waals surface area (Å²) < 4.78 is 28.9. The predicted octanol–water partition coefficient (Wildman–Crippen LogP) is 5.49. The van der Waals surface area contributed by atoms with Gasteiger partial charge < -0.3 is 5.11 Å². The first kappa shape index (κ1) is 25.9. The monoisotopic (exact) mass is 460 g/mol. The summed E-state index contributed by atoms with van der Waals surface area (Å²) in [6, 6.07) is 13.3. The van der Waals surface area contributed by atoms with Gasteiger partial charge in [0.1, 0.15) is 0 Å². The van der Waals surface area contributed by atoms with E-state index in [0.29, 0.717) is 21.9 Å². The lowest BCUT2D eigenvalue weighted by Crippen LogP contribution is -2.47. The topological polar surface area (TPSA) is 77.9 Å². The van der Waals surface area contributed by atoms with Gasteiger partial charge in [0, 0.05) is 13.6 Å². The number of amides is 1. The second-order valence-corrected chi connectivity index (χ2v) is 12.2. The van der Waals surface area contributed by atoms with Crippen LogP contribution in [0.25, 0.3) is 0 Å². The third-order valence-corrected chi connectivity index (χ3v) is 7.20. The summed E-state index contributed by atoms with van der Waals surface area (Å²) in [5, 5.41) is 10.2. The van der Waals surface area contributed by atoms with E-state index in [1.807, 2.05) is 90.9 Å². The second-order valence-electron chi connectivity index (χ2n) is 10.3. The molecule has 7 heteroatoms. The number of anilines is 1. The number of hydrogen-bond acceptors (Lipinski definition) is 3. The minimum atomic E-state index is -4.33. The number of benzene rings is 2. The number of nitrogens with zero attached hydrogens (tertiary/aromatic N) is 2. The van der Waals surface area contributed by atoms with Crippen LogP contribution in [-0.4, -0.2) is 37.5 Å². The molecule has 0 saturated carbocycles. The Labute approximate surface area is 193 Å². The molecule has 2 aromatic carbocycles. The number of likely N-dealkylation sites (N-methyl/N-ethyl adjacent to an activating group) is 1. The maximum absolute atomic E-state index is 13.6. The molecule has 0 radical (unpaired) electrons. The van der Waals surface area contributed by atoms with Crippen LogP contribution in [0.2, 0.25) is 0 Å². The molecule has 2 rings (SSSR count). The molecule has 0 saturated heterocycles. The zero-order valence-electron chi connectivity index (χ0n) is 20.4. The van der Waals surface area contributed by atoms with Crippen molar-refractivity contribution in [1.29, 1.82) is 0 Å². The Morgan fingerprint density at radius 2 is 1.41 bits per heavy atom. The van der Waals surface area contributed by atoms with Gasteiger partial charge in [0.25, 0.3) is 0 Å². The van der Waals surface area contributed by atoms with Gasteiger partial charge in [-0.1, -0.05) is 89.6 Å². The number of aryl methyl sites for hydroxylation is 1. The summed E-state index contributed by atoms with van der Waals surface area (Å²) in [5.74, 6) is 0. The second kappa shape index (κ2) is 9.24. The SMILES string of the molecule is Cc1cc(C(C)(C)C)c(N(C(=O)O)S(=O)(=O)N(C)CCc2ccccc2)c(C(C)(C)C)c1. The predicted molar refractivity (Wildman–Crippen MR) is 131 cm³/mol. The van der Waals surface area contributed by atoms with Gasteiger partial charge in [-0.3, -0.25) is 0 Å². The van der Waals surface area contributed by atoms with Crippen LogP contribution in [0.3, 0.4) is 0 Å². The van der Waals surface area contributed by atoms with Crippen molar-refractivity contribution >= 4 is 22.0 Å². The Bertz CT molecular complexity index is 1030. The van der Waals surface area contributed by atoms with Gasteiger partial charge in [-0.2, -0.15) is 17.0 Å². The third kappa shape index (κ3) is 5.70. The maximum Gasteiger partial charge on any atom is 0.426 e.